The number of methoxy groups -OCH3 is 2. The Hall–Kier alpha value is -1.57. The predicted octanol–water partition coefficient (Wildman–Crippen LogP) is 4.57. The zero-order chi connectivity index (χ0) is 20.5. The van der Waals surface area contributed by atoms with Gasteiger partial charge in [0.25, 0.3) is 0 Å². The van der Waals surface area contributed by atoms with Crippen LogP contribution in [0.4, 0.5) is 4.79 Å². The Bertz CT molecular complexity index is 650. The topological polar surface area (TPSA) is 57.2 Å². The first kappa shape index (κ1) is 21.7. The zero-order valence-corrected chi connectivity index (χ0v) is 18.8. The standard InChI is InChI=1S/C20H33NO5Si/c1-19(2,3)25-18(22)21-14-13-20(24-5,26-27(6,7)8)17(21)15-9-11-16(23-4)12-10-15/h9-12,17H,13-14H2,1-8H3. The minimum atomic E-state index is -1.95. The third-order valence-electron chi connectivity index (χ3n) is 4.31. The second-order valence-corrected chi connectivity index (χ2v) is 13.3. The van der Waals surface area contributed by atoms with Gasteiger partial charge in [0.05, 0.1) is 7.11 Å². The molecule has 2 atom stereocenters. The molecule has 0 spiro atoms. The summed E-state index contributed by atoms with van der Waals surface area (Å²) in [7, 11) is 1.33. The van der Waals surface area contributed by atoms with Crippen molar-refractivity contribution in [2.75, 3.05) is 20.8 Å². The lowest BCUT2D eigenvalue weighted by atomic mass is 9.99. The lowest BCUT2D eigenvalue weighted by molar-refractivity contribution is -0.186. The highest BCUT2D eigenvalue weighted by Crippen LogP contribution is 2.46. The molecule has 0 N–H and O–H groups in total. The molecule has 1 heterocycles. The Labute approximate surface area is 163 Å². The van der Waals surface area contributed by atoms with Gasteiger partial charge in [0.1, 0.15) is 17.4 Å². The number of benzene rings is 1. The van der Waals surface area contributed by atoms with Gasteiger partial charge in [0.2, 0.25) is 0 Å². The zero-order valence-electron chi connectivity index (χ0n) is 17.8. The summed E-state index contributed by atoms with van der Waals surface area (Å²) >= 11 is 0. The number of ether oxygens (including phenoxy) is 3. The number of nitrogens with zero attached hydrogens (tertiary/aromatic N) is 1. The van der Waals surface area contributed by atoms with Gasteiger partial charge in [-0.2, -0.15) is 0 Å². The maximum atomic E-state index is 12.9. The highest BCUT2D eigenvalue weighted by atomic mass is 28.4. The number of carbonyl (C=O) groups excluding carboxylic acids is 1. The Morgan fingerprint density at radius 3 is 2.19 bits per heavy atom. The van der Waals surface area contributed by atoms with Crippen LogP contribution in [0.1, 0.15) is 38.8 Å². The largest absolute Gasteiger partial charge is 0.497 e. The maximum absolute atomic E-state index is 12.9. The smallest absolute Gasteiger partial charge is 0.410 e. The van der Waals surface area contributed by atoms with Crippen molar-refractivity contribution >= 4 is 14.4 Å². The van der Waals surface area contributed by atoms with Crippen LogP contribution in [0, 0.1) is 0 Å². The molecule has 1 aliphatic rings. The molecule has 0 bridgehead atoms. The van der Waals surface area contributed by atoms with Crippen molar-refractivity contribution in [3.05, 3.63) is 29.8 Å². The number of rotatable bonds is 5. The molecule has 1 amide bonds. The van der Waals surface area contributed by atoms with Gasteiger partial charge in [0, 0.05) is 20.1 Å². The van der Waals surface area contributed by atoms with Crippen LogP contribution >= 0.6 is 0 Å². The summed E-state index contributed by atoms with van der Waals surface area (Å²) in [6.45, 7) is 12.5. The molecule has 2 rings (SSSR count). The minimum absolute atomic E-state index is 0.360. The second kappa shape index (κ2) is 7.81. The van der Waals surface area contributed by atoms with E-state index in [9.17, 15) is 4.79 Å². The first-order valence-electron chi connectivity index (χ1n) is 9.30. The van der Waals surface area contributed by atoms with Crippen molar-refractivity contribution in [1.82, 2.24) is 4.90 Å². The average molecular weight is 396 g/mol. The van der Waals surface area contributed by atoms with Gasteiger partial charge in [-0.3, -0.25) is 4.90 Å². The van der Waals surface area contributed by atoms with Gasteiger partial charge in [-0.15, -0.1) is 0 Å². The third kappa shape index (κ3) is 5.24. The molecule has 152 valence electrons. The van der Waals surface area contributed by atoms with Crippen molar-refractivity contribution < 1.29 is 23.4 Å². The molecule has 1 aliphatic heterocycles. The van der Waals surface area contributed by atoms with E-state index in [4.69, 9.17) is 18.6 Å². The SMILES string of the molecule is COc1ccc(C2N(C(=O)OC(C)(C)C)CCC2(OC)O[Si](C)(C)C)cc1. The Balaban J connectivity index is 2.46. The third-order valence-corrected chi connectivity index (χ3v) is 5.27. The molecule has 1 aromatic rings. The van der Waals surface area contributed by atoms with Crippen molar-refractivity contribution in [3.8, 4) is 5.75 Å². The van der Waals surface area contributed by atoms with E-state index in [0.717, 1.165) is 11.3 Å². The number of hydrogen-bond acceptors (Lipinski definition) is 5. The van der Waals surface area contributed by atoms with Gasteiger partial charge < -0.3 is 18.6 Å². The second-order valence-electron chi connectivity index (χ2n) is 8.83. The van der Waals surface area contributed by atoms with E-state index < -0.39 is 25.7 Å². The van der Waals surface area contributed by atoms with Gasteiger partial charge in [0.15, 0.2) is 14.1 Å². The molecule has 7 heteroatoms. The van der Waals surface area contributed by atoms with E-state index in [1.54, 1.807) is 19.1 Å². The quantitative estimate of drug-likeness (QED) is 0.540. The van der Waals surface area contributed by atoms with E-state index in [1.807, 2.05) is 45.0 Å². The molecule has 6 nitrogen and oxygen atoms in total. The molecule has 1 fully saturated rings. The number of carbonyl (C=O) groups is 1. The number of likely N-dealkylation sites (tertiary alicyclic amines) is 1. The minimum Gasteiger partial charge on any atom is -0.497 e. The van der Waals surface area contributed by atoms with Crippen LogP contribution in [-0.2, 0) is 13.9 Å². The molecule has 2 unspecified atom stereocenters. The fourth-order valence-electron chi connectivity index (χ4n) is 3.40. The summed E-state index contributed by atoms with van der Waals surface area (Å²) in [4.78, 5) is 14.6. The summed E-state index contributed by atoms with van der Waals surface area (Å²) in [6.07, 6.45) is 0.227. The van der Waals surface area contributed by atoms with E-state index in [-0.39, 0.29) is 6.09 Å². The summed E-state index contributed by atoms with van der Waals surface area (Å²) < 4.78 is 23.4. The summed E-state index contributed by atoms with van der Waals surface area (Å²) in [6, 6.07) is 7.28. The molecular weight excluding hydrogens is 362 g/mol. The van der Waals surface area contributed by atoms with Gasteiger partial charge in [-0.1, -0.05) is 12.1 Å². The Morgan fingerprint density at radius 2 is 1.74 bits per heavy atom. The van der Waals surface area contributed by atoms with E-state index in [0.29, 0.717) is 13.0 Å². The highest BCUT2D eigenvalue weighted by molar-refractivity contribution is 6.69. The molecule has 1 saturated heterocycles. The van der Waals surface area contributed by atoms with Crippen molar-refractivity contribution in [1.29, 1.82) is 0 Å². The molecule has 0 radical (unpaired) electrons. The summed E-state index contributed by atoms with van der Waals surface area (Å²) in [5, 5.41) is 0. The van der Waals surface area contributed by atoms with Crippen LogP contribution in [0.3, 0.4) is 0 Å². The Kier molecular flexibility index (Phi) is 6.29. The van der Waals surface area contributed by atoms with Gasteiger partial charge in [-0.05, 0) is 58.1 Å². The van der Waals surface area contributed by atoms with Crippen molar-refractivity contribution in [2.24, 2.45) is 0 Å². The fourth-order valence-corrected chi connectivity index (χ4v) is 4.73. The first-order chi connectivity index (χ1) is 12.4. The molecular formula is C20H33NO5Si. The monoisotopic (exact) mass is 395 g/mol. The summed E-state index contributed by atoms with van der Waals surface area (Å²) in [5.41, 5.74) is 0.360. The highest BCUT2D eigenvalue weighted by Gasteiger charge is 2.54. The van der Waals surface area contributed by atoms with Crippen LogP contribution in [-0.4, -0.2) is 51.5 Å². The predicted molar refractivity (Wildman–Crippen MR) is 107 cm³/mol. The van der Waals surface area contributed by atoms with Crippen LogP contribution < -0.4 is 4.74 Å². The molecule has 0 saturated carbocycles. The molecule has 27 heavy (non-hydrogen) atoms. The van der Waals surface area contributed by atoms with Gasteiger partial charge >= 0.3 is 6.09 Å². The normalized spacial score (nSPS) is 23.4. The van der Waals surface area contributed by atoms with Gasteiger partial charge in [-0.25, -0.2) is 4.79 Å². The van der Waals surface area contributed by atoms with Crippen LogP contribution in [0.15, 0.2) is 24.3 Å². The lowest BCUT2D eigenvalue weighted by Gasteiger charge is -2.41. The lowest BCUT2D eigenvalue weighted by Crippen LogP contribution is -2.49. The van der Waals surface area contributed by atoms with Crippen LogP contribution in [0.5, 0.6) is 5.75 Å². The molecule has 0 aromatic heterocycles. The Morgan fingerprint density at radius 1 is 1.15 bits per heavy atom. The van der Waals surface area contributed by atoms with E-state index in [1.165, 1.54) is 0 Å². The van der Waals surface area contributed by atoms with E-state index >= 15 is 0 Å². The number of amides is 1. The number of hydrogen-bond donors (Lipinski definition) is 0. The van der Waals surface area contributed by atoms with Crippen molar-refractivity contribution in [2.45, 2.75) is 64.3 Å². The van der Waals surface area contributed by atoms with Crippen LogP contribution in [0.25, 0.3) is 0 Å². The molecule has 0 aliphatic carbocycles. The maximum Gasteiger partial charge on any atom is 0.410 e. The summed E-state index contributed by atoms with van der Waals surface area (Å²) in [5.74, 6) is -0.134. The fraction of sp³-hybridized carbons (Fsp3) is 0.650. The molecule has 1 aromatic carbocycles. The van der Waals surface area contributed by atoms with E-state index in [2.05, 4.69) is 19.6 Å². The van der Waals surface area contributed by atoms with Crippen molar-refractivity contribution in [3.63, 3.8) is 0 Å². The average Bonchev–Trinajstić information content (AvgIpc) is 2.91. The van der Waals surface area contributed by atoms with Crippen LogP contribution in [0.2, 0.25) is 19.6 Å². The first-order valence-corrected chi connectivity index (χ1v) is 12.7.